The van der Waals surface area contributed by atoms with Crippen LogP contribution in [0.15, 0.2) is 12.1 Å². The standard InChI is InChI=1S/C17H24N2O5/c1-22-7-5-18-16(20)10-17(21)19-6-4-12-8-14(23-2)15(24-3)9-13(12)11-19/h8-9H,4-7,10-11H2,1-3H3,(H,18,20). The van der Waals surface area contributed by atoms with Crippen LogP contribution in [0.3, 0.4) is 0 Å². The van der Waals surface area contributed by atoms with Crippen molar-refractivity contribution in [2.45, 2.75) is 19.4 Å². The Kier molecular flexibility index (Phi) is 6.43. The van der Waals surface area contributed by atoms with Crippen LogP contribution >= 0.6 is 0 Å². The molecule has 0 bridgehead atoms. The molecule has 0 saturated carbocycles. The van der Waals surface area contributed by atoms with E-state index in [-0.39, 0.29) is 18.2 Å². The third-order valence-corrected chi connectivity index (χ3v) is 4.01. The van der Waals surface area contributed by atoms with Gasteiger partial charge in [0.2, 0.25) is 11.8 Å². The summed E-state index contributed by atoms with van der Waals surface area (Å²) in [6, 6.07) is 3.85. The third kappa shape index (κ3) is 4.38. The monoisotopic (exact) mass is 336 g/mol. The molecular formula is C17H24N2O5. The maximum atomic E-state index is 12.3. The minimum atomic E-state index is -0.282. The number of hydrogen-bond acceptors (Lipinski definition) is 5. The number of carbonyl (C=O) groups excluding carboxylic acids is 2. The second-order valence-electron chi connectivity index (χ2n) is 5.56. The highest BCUT2D eigenvalue weighted by molar-refractivity contribution is 5.96. The SMILES string of the molecule is COCCNC(=O)CC(=O)N1CCc2cc(OC)c(OC)cc2C1. The van der Waals surface area contributed by atoms with Gasteiger partial charge in [-0.1, -0.05) is 0 Å². The van der Waals surface area contributed by atoms with Crippen molar-refractivity contribution in [1.29, 1.82) is 0 Å². The molecule has 0 saturated heterocycles. The van der Waals surface area contributed by atoms with Crippen LogP contribution in [-0.4, -0.2) is 57.7 Å². The summed E-state index contributed by atoms with van der Waals surface area (Å²) in [6.07, 6.45) is 0.582. The molecule has 0 aromatic heterocycles. The topological polar surface area (TPSA) is 77.1 Å². The molecule has 0 spiro atoms. The van der Waals surface area contributed by atoms with Crippen molar-refractivity contribution in [1.82, 2.24) is 10.2 Å². The van der Waals surface area contributed by atoms with E-state index in [0.29, 0.717) is 37.7 Å². The summed E-state index contributed by atoms with van der Waals surface area (Å²) in [5, 5.41) is 2.66. The molecule has 0 unspecified atom stereocenters. The number of nitrogens with one attached hydrogen (secondary N) is 1. The van der Waals surface area contributed by atoms with Gasteiger partial charge in [0.25, 0.3) is 0 Å². The first-order valence-corrected chi connectivity index (χ1v) is 7.86. The number of methoxy groups -OCH3 is 3. The fraction of sp³-hybridized carbons (Fsp3) is 0.529. The van der Waals surface area contributed by atoms with Gasteiger partial charge >= 0.3 is 0 Å². The Morgan fingerprint density at radius 2 is 1.79 bits per heavy atom. The summed E-state index contributed by atoms with van der Waals surface area (Å²) in [7, 11) is 4.75. The molecule has 1 N–H and O–H groups in total. The van der Waals surface area contributed by atoms with Gasteiger partial charge < -0.3 is 24.4 Å². The van der Waals surface area contributed by atoms with Crippen molar-refractivity contribution in [3.8, 4) is 11.5 Å². The largest absolute Gasteiger partial charge is 0.493 e. The van der Waals surface area contributed by atoms with Gasteiger partial charge in [0.05, 0.1) is 20.8 Å². The van der Waals surface area contributed by atoms with E-state index < -0.39 is 0 Å². The van der Waals surface area contributed by atoms with Crippen LogP contribution in [0.2, 0.25) is 0 Å². The van der Waals surface area contributed by atoms with E-state index in [4.69, 9.17) is 14.2 Å². The maximum Gasteiger partial charge on any atom is 0.232 e. The minimum absolute atomic E-state index is 0.146. The molecule has 1 aliphatic heterocycles. The van der Waals surface area contributed by atoms with Gasteiger partial charge in [-0.05, 0) is 29.7 Å². The van der Waals surface area contributed by atoms with Crippen molar-refractivity contribution >= 4 is 11.8 Å². The van der Waals surface area contributed by atoms with Crippen molar-refractivity contribution < 1.29 is 23.8 Å². The third-order valence-electron chi connectivity index (χ3n) is 4.01. The number of carbonyl (C=O) groups is 2. The minimum Gasteiger partial charge on any atom is -0.493 e. The van der Waals surface area contributed by atoms with Crippen LogP contribution in [-0.2, 0) is 27.3 Å². The fourth-order valence-corrected chi connectivity index (χ4v) is 2.70. The van der Waals surface area contributed by atoms with Gasteiger partial charge in [-0.25, -0.2) is 0 Å². The lowest BCUT2D eigenvalue weighted by Gasteiger charge is -2.29. The summed E-state index contributed by atoms with van der Waals surface area (Å²) in [5.74, 6) is 0.872. The predicted molar refractivity (Wildman–Crippen MR) is 88.2 cm³/mol. The number of hydrogen-bond donors (Lipinski definition) is 1. The normalized spacial score (nSPS) is 13.2. The Labute approximate surface area is 141 Å². The second-order valence-corrected chi connectivity index (χ2v) is 5.56. The molecule has 7 heteroatoms. The number of amides is 2. The smallest absolute Gasteiger partial charge is 0.232 e. The van der Waals surface area contributed by atoms with Crippen LogP contribution < -0.4 is 14.8 Å². The average Bonchev–Trinajstić information content (AvgIpc) is 2.60. The molecular weight excluding hydrogens is 312 g/mol. The Morgan fingerprint density at radius 1 is 1.12 bits per heavy atom. The first kappa shape index (κ1) is 18.1. The van der Waals surface area contributed by atoms with E-state index in [1.54, 1.807) is 26.2 Å². The number of nitrogens with zero attached hydrogens (tertiary/aromatic N) is 1. The van der Waals surface area contributed by atoms with Gasteiger partial charge in [0.15, 0.2) is 11.5 Å². The molecule has 0 aliphatic carbocycles. The van der Waals surface area contributed by atoms with Crippen LogP contribution in [0.25, 0.3) is 0 Å². The summed E-state index contributed by atoms with van der Waals surface area (Å²) < 4.78 is 15.5. The number of ether oxygens (including phenoxy) is 3. The van der Waals surface area contributed by atoms with E-state index in [1.807, 2.05) is 12.1 Å². The molecule has 1 aromatic rings. The zero-order valence-electron chi connectivity index (χ0n) is 14.4. The van der Waals surface area contributed by atoms with Crippen LogP contribution in [0, 0.1) is 0 Å². The van der Waals surface area contributed by atoms with E-state index in [0.717, 1.165) is 17.5 Å². The molecule has 2 rings (SSSR count). The molecule has 0 atom stereocenters. The van der Waals surface area contributed by atoms with Gasteiger partial charge in [-0.15, -0.1) is 0 Å². The zero-order valence-corrected chi connectivity index (χ0v) is 14.4. The molecule has 1 aromatic carbocycles. The Bertz CT molecular complexity index is 603. The van der Waals surface area contributed by atoms with Crippen LogP contribution in [0.1, 0.15) is 17.5 Å². The molecule has 0 radical (unpaired) electrons. The first-order valence-electron chi connectivity index (χ1n) is 7.86. The predicted octanol–water partition coefficient (Wildman–Crippen LogP) is 0.741. The van der Waals surface area contributed by atoms with E-state index >= 15 is 0 Å². The lowest BCUT2D eigenvalue weighted by Crippen LogP contribution is -2.39. The lowest BCUT2D eigenvalue weighted by molar-refractivity contribution is -0.136. The summed E-state index contributed by atoms with van der Waals surface area (Å²) >= 11 is 0. The highest BCUT2D eigenvalue weighted by Gasteiger charge is 2.24. The average molecular weight is 336 g/mol. The van der Waals surface area contributed by atoms with Crippen molar-refractivity contribution in [3.63, 3.8) is 0 Å². The Morgan fingerprint density at radius 3 is 2.42 bits per heavy atom. The summed E-state index contributed by atoms with van der Waals surface area (Å²) in [6.45, 7) is 1.90. The zero-order chi connectivity index (χ0) is 17.5. The van der Waals surface area contributed by atoms with Crippen molar-refractivity contribution in [2.24, 2.45) is 0 Å². The van der Waals surface area contributed by atoms with Gasteiger partial charge in [-0.2, -0.15) is 0 Å². The van der Waals surface area contributed by atoms with Crippen molar-refractivity contribution in [2.75, 3.05) is 41.0 Å². The quantitative estimate of drug-likeness (QED) is 0.587. The molecule has 1 heterocycles. The molecule has 24 heavy (non-hydrogen) atoms. The Hall–Kier alpha value is -2.28. The molecule has 0 fully saturated rings. The lowest BCUT2D eigenvalue weighted by atomic mass is 9.98. The molecule has 1 aliphatic rings. The van der Waals surface area contributed by atoms with E-state index in [2.05, 4.69) is 5.32 Å². The van der Waals surface area contributed by atoms with Crippen LogP contribution in [0.4, 0.5) is 0 Å². The van der Waals surface area contributed by atoms with E-state index in [1.165, 1.54) is 0 Å². The van der Waals surface area contributed by atoms with E-state index in [9.17, 15) is 9.59 Å². The Balaban J connectivity index is 1.98. The fourth-order valence-electron chi connectivity index (χ4n) is 2.70. The van der Waals surface area contributed by atoms with Crippen LogP contribution in [0.5, 0.6) is 11.5 Å². The molecule has 7 nitrogen and oxygen atoms in total. The second kappa shape index (κ2) is 8.54. The summed E-state index contributed by atoms with van der Waals surface area (Å²) in [4.78, 5) is 25.8. The highest BCUT2D eigenvalue weighted by atomic mass is 16.5. The molecule has 132 valence electrons. The number of fused-ring (bicyclic) bond motifs is 1. The van der Waals surface area contributed by atoms with Gasteiger partial charge in [0, 0.05) is 26.7 Å². The summed E-state index contributed by atoms with van der Waals surface area (Å²) in [5.41, 5.74) is 2.16. The van der Waals surface area contributed by atoms with Crippen molar-refractivity contribution in [3.05, 3.63) is 23.3 Å². The van der Waals surface area contributed by atoms with Gasteiger partial charge in [0.1, 0.15) is 6.42 Å². The number of rotatable bonds is 7. The first-order chi connectivity index (χ1) is 11.6. The molecule has 2 amide bonds. The van der Waals surface area contributed by atoms with Gasteiger partial charge in [-0.3, -0.25) is 9.59 Å². The number of benzene rings is 1. The maximum absolute atomic E-state index is 12.3. The highest BCUT2D eigenvalue weighted by Crippen LogP contribution is 2.33.